The van der Waals surface area contributed by atoms with Crippen molar-refractivity contribution < 1.29 is 9.59 Å². The average Bonchev–Trinajstić information content (AvgIpc) is 2.98. The molecule has 4 heteroatoms. The third-order valence-electron chi connectivity index (χ3n) is 5.17. The lowest BCUT2D eigenvalue weighted by molar-refractivity contribution is -0.135. The second-order valence-electron chi connectivity index (χ2n) is 6.77. The highest BCUT2D eigenvalue weighted by Gasteiger charge is 2.29. The maximum atomic E-state index is 12.7. The van der Waals surface area contributed by atoms with E-state index in [0.29, 0.717) is 19.0 Å². The summed E-state index contributed by atoms with van der Waals surface area (Å²) in [6, 6.07) is 7.73. The van der Waals surface area contributed by atoms with Gasteiger partial charge < -0.3 is 9.80 Å². The van der Waals surface area contributed by atoms with E-state index in [2.05, 4.69) is 0 Å². The van der Waals surface area contributed by atoms with Crippen LogP contribution in [0.4, 0.5) is 0 Å². The van der Waals surface area contributed by atoms with Crippen LogP contribution in [-0.2, 0) is 4.79 Å². The van der Waals surface area contributed by atoms with Crippen molar-refractivity contribution in [3.8, 4) is 0 Å². The molecule has 1 saturated carbocycles. The molecule has 0 atom stereocenters. The van der Waals surface area contributed by atoms with E-state index in [1.807, 2.05) is 41.0 Å². The fraction of sp³-hybridized carbons (Fsp3) is 0.579. The Balaban J connectivity index is 1.63. The summed E-state index contributed by atoms with van der Waals surface area (Å²) in [6.07, 6.45) is 5.32. The minimum Gasteiger partial charge on any atom is -0.341 e. The van der Waals surface area contributed by atoms with Gasteiger partial charge >= 0.3 is 0 Å². The molecule has 0 bridgehead atoms. The summed E-state index contributed by atoms with van der Waals surface area (Å²) >= 11 is 0. The van der Waals surface area contributed by atoms with Crippen LogP contribution >= 0.6 is 0 Å². The monoisotopic (exact) mass is 314 g/mol. The summed E-state index contributed by atoms with van der Waals surface area (Å²) < 4.78 is 0. The second kappa shape index (κ2) is 7.16. The third kappa shape index (κ3) is 3.57. The van der Waals surface area contributed by atoms with Crippen LogP contribution in [0, 0.1) is 12.8 Å². The van der Waals surface area contributed by atoms with Crippen molar-refractivity contribution in [3.63, 3.8) is 0 Å². The summed E-state index contributed by atoms with van der Waals surface area (Å²) in [4.78, 5) is 29.2. The molecule has 0 spiro atoms. The standard InChI is InChI=1S/C19H26N2O2/c1-15-7-2-5-10-17(15)19(23)21-12-6-11-20(13-14-21)18(22)16-8-3-4-9-16/h2,5,7,10,16H,3-4,6,8-9,11-14H2,1H3. The first-order valence-corrected chi connectivity index (χ1v) is 8.80. The quantitative estimate of drug-likeness (QED) is 0.842. The largest absolute Gasteiger partial charge is 0.341 e. The average molecular weight is 314 g/mol. The summed E-state index contributed by atoms with van der Waals surface area (Å²) in [7, 11) is 0. The molecule has 0 N–H and O–H groups in total. The Labute approximate surface area is 138 Å². The van der Waals surface area contributed by atoms with Crippen LogP contribution in [0.15, 0.2) is 24.3 Å². The van der Waals surface area contributed by atoms with Gasteiger partial charge in [0.25, 0.3) is 5.91 Å². The summed E-state index contributed by atoms with van der Waals surface area (Å²) in [5.74, 6) is 0.638. The first-order chi connectivity index (χ1) is 11.2. The number of carbonyl (C=O) groups is 2. The van der Waals surface area contributed by atoms with Crippen molar-refractivity contribution in [2.45, 2.75) is 39.0 Å². The molecule has 124 valence electrons. The molecular formula is C19H26N2O2. The molecule has 1 aliphatic carbocycles. The van der Waals surface area contributed by atoms with Gasteiger partial charge in [0.15, 0.2) is 0 Å². The molecule has 1 aromatic carbocycles. The van der Waals surface area contributed by atoms with Gasteiger partial charge in [-0.1, -0.05) is 31.0 Å². The minimum absolute atomic E-state index is 0.0956. The topological polar surface area (TPSA) is 40.6 Å². The van der Waals surface area contributed by atoms with Crippen LogP contribution in [0.1, 0.15) is 48.0 Å². The lowest BCUT2D eigenvalue weighted by Gasteiger charge is -2.24. The molecule has 2 aliphatic rings. The van der Waals surface area contributed by atoms with Crippen LogP contribution in [0.3, 0.4) is 0 Å². The number of benzene rings is 1. The van der Waals surface area contributed by atoms with E-state index < -0.39 is 0 Å². The van der Waals surface area contributed by atoms with E-state index >= 15 is 0 Å². The van der Waals surface area contributed by atoms with E-state index in [1.54, 1.807) is 0 Å². The molecule has 3 rings (SSSR count). The second-order valence-corrected chi connectivity index (χ2v) is 6.77. The maximum Gasteiger partial charge on any atom is 0.254 e. The van der Waals surface area contributed by atoms with Gasteiger partial charge in [-0.15, -0.1) is 0 Å². The Hall–Kier alpha value is -1.84. The molecule has 23 heavy (non-hydrogen) atoms. The molecule has 1 heterocycles. The minimum atomic E-state index is 0.0956. The van der Waals surface area contributed by atoms with Crippen LogP contribution in [0.2, 0.25) is 0 Å². The van der Waals surface area contributed by atoms with Crippen LogP contribution in [0.25, 0.3) is 0 Å². The zero-order valence-corrected chi connectivity index (χ0v) is 14.0. The van der Waals surface area contributed by atoms with E-state index in [1.165, 1.54) is 12.8 Å². The smallest absolute Gasteiger partial charge is 0.254 e. The van der Waals surface area contributed by atoms with Crippen molar-refractivity contribution in [3.05, 3.63) is 35.4 Å². The number of rotatable bonds is 2. The Bertz CT molecular complexity index is 578. The number of amides is 2. The zero-order chi connectivity index (χ0) is 16.2. The highest BCUT2D eigenvalue weighted by molar-refractivity contribution is 5.95. The number of aryl methyl sites for hydroxylation is 1. The van der Waals surface area contributed by atoms with Crippen LogP contribution < -0.4 is 0 Å². The Morgan fingerprint density at radius 1 is 0.913 bits per heavy atom. The first-order valence-electron chi connectivity index (χ1n) is 8.80. The van der Waals surface area contributed by atoms with Crippen molar-refractivity contribution >= 4 is 11.8 Å². The molecule has 0 radical (unpaired) electrons. The fourth-order valence-corrected chi connectivity index (χ4v) is 3.76. The molecule has 1 aromatic rings. The summed E-state index contributed by atoms with van der Waals surface area (Å²) in [5.41, 5.74) is 1.80. The number of carbonyl (C=O) groups excluding carboxylic acids is 2. The molecule has 0 unspecified atom stereocenters. The lowest BCUT2D eigenvalue weighted by Crippen LogP contribution is -2.39. The SMILES string of the molecule is Cc1ccccc1C(=O)N1CCCN(C(=O)C2CCCC2)CC1. The Morgan fingerprint density at radius 3 is 2.30 bits per heavy atom. The van der Waals surface area contributed by atoms with Gasteiger partial charge in [0.2, 0.25) is 5.91 Å². The van der Waals surface area contributed by atoms with E-state index in [4.69, 9.17) is 0 Å². The van der Waals surface area contributed by atoms with E-state index in [9.17, 15) is 9.59 Å². The molecular weight excluding hydrogens is 288 g/mol. The zero-order valence-electron chi connectivity index (χ0n) is 14.0. The highest BCUT2D eigenvalue weighted by atomic mass is 16.2. The third-order valence-corrected chi connectivity index (χ3v) is 5.17. The van der Waals surface area contributed by atoms with E-state index in [-0.39, 0.29) is 11.8 Å². The molecule has 4 nitrogen and oxygen atoms in total. The number of hydrogen-bond donors (Lipinski definition) is 0. The highest BCUT2D eigenvalue weighted by Crippen LogP contribution is 2.27. The molecule has 2 fully saturated rings. The maximum absolute atomic E-state index is 12.7. The van der Waals surface area contributed by atoms with Crippen molar-refractivity contribution in [2.75, 3.05) is 26.2 Å². The van der Waals surface area contributed by atoms with Crippen LogP contribution in [-0.4, -0.2) is 47.8 Å². The molecule has 2 amide bonds. The van der Waals surface area contributed by atoms with Crippen molar-refractivity contribution in [2.24, 2.45) is 5.92 Å². The fourth-order valence-electron chi connectivity index (χ4n) is 3.76. The first kappa shape index (κ1) is 16.0. The van der Waals surface area contributed by atoms with Crippen molar-refractivity contribution in [1.82, 2.24) is 9.80 Å². The number of hydrogen-bond acceptors (Lipinski definition) is 2. The van der Waals surface area contributed by atoms with Crippen LogP contribution in [0.5, 0.6) is 0 Å². The van der Waals surface area contributed by atoms with Gasteiger partial charge in [-0.3, -0.25) is 9.59 Å². The van der Waals surface area contributed by atoms with Gasteiger partial charge in [-0.25, -0.2) is 0 Å². The van der Waals surface area contributed by atoms with Gasteiger partial charge in [0.1, 0.15) is 0 Å². The van der Waals surface area contributed by atoms with Gasteiger partial charge in [-0.05, 0) is 37.8 Å². The number of nitrogens with zero attached hydrogens (tertiary/aromatic N) is 2. The predicted octanol–water partition coefficient (Wildman–Crippen LogP) is 2.86. The predicted molar refractivity (Wildman–Crippen MR) is 90.2 cm³/mol. The van der Waals surface area contributed by atoms with E-state index in [0.717, 1.165) is 43.5 Å². The Morgan fingerprint density at radius 2 is 1.57 bits per heavy atom. The van der Waals surface area contributed by atoms with Crippen molar-refractivity contribution in [1.29, 1.82) is 0 Å². The molecule has 1 aliphatic heterocycles. The van der Waals surface area contributed by atoms with Gasteiger partial charge in [0, 0.05) is 37.7 Å². The normalized spacial score (nSPS) is 19.7. The molecule has 1 saturated heterocycles. The van der Waals surface area contributed by atoms with Gasteiger partial charge in [0.05, 0.1) is 0 Å². The Kier molecular flexibility index (Phi) is 4.99. The summed E-state index contributed by atoms with van der Waals surface area (Å²) in [5, 5.41) is 0. The molecule has 0 aromatic heterocycles. The summed E-state index contributed by atoms with van der Waals surface area (Å²) in [6.45, 7) is 4.81. The lowest BCUT2D eigenvalue weighted by atomic mass is 10.1. The van der Waals surface area contributed by atoms with Gasteiger partial charge in [-0.2, -0.15) is 0 Å².